The Hall–Kier alpha value is -0.480. The number of hydrogen-bond acceptors (Lipinski definition) is 4. The molecular weight excluding hydrogens is 160 g/mol. The van der Waals surface area contributed by atoms with Gasteiger partial charge in [-0.15, -0.1) is 0 Å². The van der Waals surface area contributed by atoms with Crippen molar-refractivity contribution in [2.24, 2.45) is 5.73 Å². The predicted octanol–water partition coefficient (Wildman–Crippen LogP) is 1.50. The van der Waals surface area contributed by atoms with Crippen LogP contribution in [0.5, 0.6) is 0 Å². The van der Waals surface area contributed by atoms with Gasteiger partial charge in [-0.3, -0.25) is 0 Å². The van der Waals surface area contributed by atoms with E-state index in [2.05, 4.69) is 18.8 Å². The zero-order chi connectivity index (χ0) is 8.32. The Morgan fingerprint density at radius 1 is 1.73 bits per heavy atom. The monoisotopic (exact) mass is 172 g/mol. The van der Waals surface area contributed by atoms with Crippen LogP contribution in [0.1, 0.15) is 13.8 Å². The molecule has 0 aliphatic carbocycles. The van der Waals surface area contributed by atoms with Crippen molar-refractivity contribution in [3.05, 3.63) is 12.5 Å². The van der Waals surface area contributed by atoms with E-state index >= 15 is 0 Å². The average molecular weight is 172 g/mol. The number of hydrogen-bond donors (Lipinski definition) is 1. The van der Waals surface area contributed by atoms with E-state index in [0.717, 1.165) is 0 Å². The summed E-state index contributed by atoms with van der Waals surface area (Å²) in [5, 5.41) is 0.681. The SMILES string of the molecule is CC(C)(CN)Sc1ncco1. The minimum Gasteiger partial charge on any atom is -0.440 e. The molecule has 0 aliphatic heterocycles. The van der Waals surface area contributed by atoms with Crippen LogP contribution in [0.4, 0.5) is 0 Å². The van der Waals surface area contributed by atoms with E-state index in [9.17, 15) is 0 Å². The lowest BCUT2D eigenvalue weighted by Crippen LogP contribution is -2.26. The third kappa shape index (κ3) is 2.55. The second kappa shape index (κ2) is 3.28. The van der Waals surface area contributed by atoms with E-state index in [-0.39, 0.29) is 4.75 Å². The molecule has 0 saturated carbocycles. The van der Waals surface area contributed by atoms with E-state index in [1.54, 1.807) is 24.2 Å². The van der Waals surface area contributed by atoms with Crippen molar-refractivity contribution in [3.8, 4) is 0 Å². The molecule has 3 nitrogen and oxygen atoms in total. The van der Waals surface area contributed by atoms with Gasteiger partial charge in [-0.2, -0.15) is 0 Å². The predicted molar refractivity (Wildman–Crippen MR) is 45.5 cm³/mol. The number of aromatic nitrogens is 1. The maximum absolute atomic E-state index is 5.53. The molecule has 2 N–H and O–H groups in total. The molecule has 0 spiro atoms. The summed E-state index contributed by atoms with van der Waals surface area (Å²) in [6.45, 7) is 4.73. The van der Waals surface area contributed by atoms with Crippen LogP contribution in [0, 0.1) is 0 Å². The largest absolute Gasteiger partial charge is 0.440 e. The van der Waals surface area contributed by atoms with E-state index in [1.165, 1.54) is 0 Å². The van der Waals surface area contributed by atoms with Gasteiger partial charge in [-0.05, 0) is 13.8 Å². The highest BCUT2D eigenvalue weighted by Crippen LogP contribution is 2.29. The van der Waals surface area contributed by atoms with Crippen molar-refractivity contribution in [2.45, 2.75) is 23.8 Å². The first-order valence-electron chi connectivity index (χ1n) is 3.43. The van der Waals surface area contributed by atoms with Crippen molar-refractivity contribution >= 4 is 11.8 Å². The van der Waals surface area contributed by atoms with Gasteiger partial charge in [0.05, 0.1) is 6.20 Å². The molecule has 1 aromatic rings. The van der Waals surface area contributed by atoms with Crippen molar-refractivity contribution in [1.29, 1.82) is 0 Å². The Balaban J connectivity index is 2.56. The summed E-state index contributed by atoms with van der Waals surface area (Å²) in [7, 11) is 0. The number of nitrogens with zero attached hydrogens (tertiary/aromatic N) is 1. The molecule has 0 amide bonds. The van der Waals surface area contributed by atoms with Crippen molar-refractivity contribution in [1.82, 2.24) is 4.98 Å². The molecule has 0 aliphatic rings. The molecular formula is C7H12N2OS. The van der Waals surface area contributed by atoms with E-state index < -0.39 is 0 Å². The number of nitrogens with two attached hydrogens (primary N) is 1. The Morgan fingerprint density at radius 2 is 2.45 bits per heavy atom. The Morgan fingerprint density at radius 3 is 2.91 bits per heavy atom. The minimum atomic E-state index is 0.00481. The quantitative estimate of drug-likeness (QED) is 0.702. The zero-order valence-corrected chi connectivity index (χ0v) is 7.52. The molecule has 0 unspecified atom stereocenters. The summed E-state index contributed by atoms with van der Waals surface area (Å²) in [6, 6.07) is 0. The summed E-state index contributed by atoms with van der Waals surface area (Å²) in [6.07, 6.45) is 3.20. The fraction of sp³-hybridized carbons (Fsp3) is 0.571. The van der Waals surface area contributed by atoms with Gasteiger partial charge < -0.3 is 10.2 Å². The summed E-state index contributed by atoms with van der Waals surface area (Å²) >= 11 is 1.55. The van der Waals surface area contributed by atoms with E-state index in [1.807, 2.05) is 0 Å². The maximum atomic E-state index is 5.53. The van der Waals surface area contributed by atoms with Gasteiger partial charge in [0.1, 0.15) is 6.26 Å². The second-order valence-electron chi connectivity index (χ2n) is 2.86. The summed E-state index contributed by atoms with van der Waals surface area (Å²) in [5.74, 6) is 0. The number of rotatable bonds is 3. The molecule has 0 aromatic carbocycles. The third-order valence-corrected chi connectivity index (χ3v) is 2.36. The number of thioether (sulfide) groups is 1. The first kappa shape index (κ1) is 8.62. The standard InChI is InChI=1S/C7H12N2OS/c1-7(2,5-8)11-6-9-3-4-10-6/h3-4H,5,8H2,1-2H3. The summed E-state index contributed by atoms with van der Waals surface area (Å²) in [4.78, 5) is 3.99. The third-order valence-electron chi connectivity index (χ3n) is 1.26. The smallest absolute Gasteiger partial charge is 0.256 e. The van der Waals surface area contributed by atoms with Crippen LogP contribution in [0.3, 0.4) is 0 Å². The van der Waals surface area contributed by atoms with Gasteiger partial charge in [-0.1, -0.05) is 11.8 Å². The minimum absolute atomic E-state index is 0.00481. The highest BCUT2D eigenvalue weighted by atomic mass is 32.2. The lowest BCUT2D eigenvalue weighted by atomic mass is 10.2. The van der Waals surface area contributed by atoms with Gasteiger partial charge in [-0.25, -0.2) is 4.98 Å². The van der Waals surface area contributed by atoms with Crippen LogP contribution >= 0.6 is 11.8 Å². The number of oxazole rings is 1. The van der Waals surface area contributed by atoms with Crippen LogP contribution in [0.15, 0.2) is 22.1 Å². The van der Waals surface area contributed by atoms with Crippen molar-refractivity contribution in [2.75, 3.05) is 6.54 Å². The normalized spacial score (nSPS) is 11.9. The average Bonchev–Trinajstić information content (AvgIpc) is 2.39. The van der Waals surface area contributed by atoms with Crippen LogP contribution in [-0.4, -0.2) is 16.3 Å². The first-order valence-corrected chi connectivity index (χ1v) is 4.24. The van der Waals surface area contributed by atoms with Crippen LogP contribution in [0.2, 0.25) is 0 Å². The van der Waals surface area contributed by atoms with Crippen LogP contribution < -0.4 is 5.73 Å². The van der Waals surface area contributed by atoms with Gasteiger partial charge in [0, 0.05) is 11.3 Å². The lowest BCUT2D eigenvalue weighted by molar-refractivity contribution is 0.451. The molecule has 1 rings (SSSR count). The summed E-state index contributed by atoms with van der Waals surface area (Å²) < 4.78 is 5.07. The Kier molecular flexibility index (Phi) is 2.57. The van der Waals surface area contributed by atoms with Crippen LogP contribution in [-0.2, 0) is 0 Å². The highest BCUT2D eigenvalue weighted by molar-refractivity contribution is 8.00. The van der Waals surface area contributed by atoms with Gasteiger partial charge >= 0.3 is 0 Å². The van der Waals surface area contributed by atoms with E-state index in [0.29, 0.717) is 11.8 Å². The molecule has 1 aromatic heterocycles. The second-order valence-corrected chi connectivity index (χ2v) is 4.52. The van der Waals surface area contributed by atoms with Gasteiger partial charge in [0.25, 0.3) is 5.22 Å². The van der Waals surface area contributed by atoms with Gasteiger partial charge in [0.2, 0.25) is 0 Å². The molecule has 11 heavy (non-hydrogen) atoms. The fourth-order valence-electron chi connectivity index (χ4n) is 0.539. The molecule has 0 radical (unpaired) electrons. The van der Waals surface area contributed by atoms with E-state index in [4.69, 9.17) is 10.2 Å². The molecule has 0 bridgehead atoms. The first-order chi connectivity index (χ1) is 5.14. The van der Waals surface area contributed by atoms with Gasteiger partial charge in [0.15, 0.2) is 0 Å². The molecule has 62 valence electrons. The topological polar surface area (TPSA) is 52.0 Å². The Bertz CT molecular complexity index is 208. The Labute approximate surface area is 70.4 Å². The molecule has 4 heteroatoms. The molecule has 0 atom stereocenters. The summed E-state index contributed by atoms with van der Waals surface area (Å²) in [5.41, 5.74) is 5.53. The molecule has 0 saturated heterocycles. The fourth-order valence-corrected chi connectivity index (χ4v) is 1.31. The zero-order valence-electron chi connectivity index (χ0n) is 6.70. The molecule has 0 fully saturated rings. The molecule has 1 heterocycles. The van der Waals surface area contributed by atoms with Crippen LogP contribution in [0.25, 0.3) is 0 Å². The lowest BCUT2D eigenvalue weighted by Gasteiger charge is -2.18. The highest BCUT2D eigenvalue weighted by Gasteiger charge is 2.19. The van der Waals surface area contributed by atoms with Crippen molar-refractivity contribution in [3.63, 3.8) is 0 Å². The van der Waals surface area contributed by atoms with Crippen molar-refractivity contribution < 1.29 is 4.42 Å². The maximum Gasteiger partial charge on any atom is 0.256 e.